The van der Waals surface area contributed by atoms with Gasteiger partial charge in [0.05, 0.1) is 11.3 Å². The molecular weight excluding hydrogens is 271 g/mol. The zero-order valence-electron chi connectivity index (χ0n) is 11.6. The number of nitrogens with zero attached hydrogens (tertiary/aromatic N) is 1. The van der Waals surface area contributed by atoms with Crippen LogP contribution < -0.4 is 11.3 Å². The molecule has 20 heavy (non-hydrogen) atoms. The van der Waals surface area contributed by atoms with E-state index in [1.54, 1.807) is 7.05 Å². The molecular formula is C13H18F3N3O. The SMILES string of the molecule is CC(C)CN(C)C(=O)c1ccc(NN)c(C(F)(F)F)c1. The molecule has 3 N–H and O–H groups in total. The van der Waals surface area contributed by atoms with Crippen molar-refractivity contribution in [1.29, 1.82) is 0 Å². The highest BCUT2D eigenvalue weighted by atomic mass is 19.4. The van der Waals surface area contributed by atoms with E-state index in [4.69, 9.17) is 5.84 Å². The second-order valence-electron chi connectivity index (χ2n) is 4.98. The number of nitrogen functional groups attached to an aromatic ring is 1. The van der Waals surface area contributed by atoms with Crippen LogP contribution in [0.5, 0.6) is 0 Å². The van der Waals surface area contributed by atoms with E-state index >= 15 is 0 Å². The molecule has 0 aliphatic heterocycles. The molecule has 0 fully saturated rings. The molecule has 0 saturated heterocycles. The Labute approximate surface area is 115 Å². The van der Waals surface area contributed by atoms with E-state index < -0.39 is 17.6 Å². The van der Waals surface area contributed by atoms with Crippen molar-refractivity contribution >= 4 is 11.6 Å². The zero-order chi connectivity index (χ0) is 15.5. The first-order valence-electron chi connectivity index (χ1n) is 6.10. The number of rotatable bonds is 4. The molecule has 0 unspecified atom stereocenters. The van der Waals surface area contributed by atoms with Gasteiger partial charge in [0.1, 0.15) is 0 Å². The van der Waals surface area contributed by atoms with Crippen molar-refractivity contribution in [3.8, 4) is 0 Å². The number of nitrogens with one attached hydrogen (secondary N) is 1. The Balaban J connectivity index is 3.12. The van der Waals surface area contributed by atoms with Gasteiger partial charge in [0.2, 0.25) is 0 Å². The lowest BCUT2D eigenvalue weighted by molar-refractivity contribution is -0.137. The van der Waals surface area contributed by atoms with E-state index in [9.17, 15) is 18.0 Å². The van der Waals surface area contributed by atoms with Crippen molar-refractivity contribution in [2.24, 2.45) is 11.8 Å². The number of amides is 1. The second kappa shape index (κ2) is 6.13. The van der Waals surface area contributed by atoms with Gasteiger partial charge in [-0.2, -0.15) is 13.2 Å². The van der Waals surface area contributed by atoms with Gasteiger partial charge in [-0.3, -0.25) is 10.6 Å². The number of benzene rings is 1. The molecule has 0 atom stereocenters. The number of hydrogen-bond donors (Lipinski definition) is 2. The van der Waals surface area contributed by atoms with E-state index in [0.717, 1.165) is 12.1 Å². The molecule has 0 bridgehead atoms. The number of hydrazine groups is 1. The molecule has 1 aromatic carbocycles. The minimum Gasteiger partial charge on any atom is -0.341 e. The highest BCUT2D eigenvalue weighted by Crippen LogP contribution is 2.35. The molecule has 1 amide bonds. The van der Waals surface area contributed by atoms with E-state index in [0.29, 0.717) is 6.54 Å². The smallest absolute Gasteiger partial charge is 0.341 e. The van der Waals surface area contributed by atoms with Gasteiger partial charge in [-0.15, -0.1) is 0 Å². The predicted octanol–water partition coefficient (Wildman–Crippen LogP) is 2.72. The van der Waals surface area contributed by atoms with Crippen molar-refractivity contribution in [3.05, 3.63) is 29.3 Å². The Morgan fingerprint density at radius 3 is 2.45 bits per heavy atom. The molecule has 4 nitrogen and oxygen atoms in total. The third-order valence-electron chi connectivity index (χ3n) is 2.71. The highest BCUT2D eigenvalue weighted by molar-refractivity contribution is 5.94. The van der Waals surface area contributed by atoms with Crippen LogP contribution >= 0.6 is 0 Å². The minimum atomic E-state index is -4.57. The molecule has 0 aliphatic rings. The lowest BCUT2D eigenvalue weighted by Crippen LogP contribution is -2.30. The molecule has 1 aromatic rings. The molecule has 0 spiro atoms. The summed E-state index contributed by atoms with van der Waals surface area (Å²) in [7, 11) is 1.56. The second-order valence-corrected chi connectivity index (χ2v) is 4.98. The van der Waals surface area contributed by atoms with Crippen LogP contribution in [-0.4, -0.2) is 24.4 Å². The Kier molecular flexibility index (Phi) is 4.99. The lowest BCUT2D eigenvalue weighted by Gasteiger charge is -2.20. The number of carbonyl (C=O) groups excluding carboxylic acids is 1. The number of halogens is 3. The van der Waals surface area contributed by atoms with Crippen LogP contribution in [0.3, 0.4) is 0 Å². The lowest BCUT2D eigenvalue weighted by atomic mass is 10.1. The minimum absolute atomic E-state index is 0.0144. The van der Waals surface area contributed by atoms with Crippen molar-refractivity contribution in [2.45, 2.75) is 20.0 Å². The summed E-state index contributed by atoms with van der Waals surface area (Å²) in [5, 5.41) is 0. The summed E-state index contributed by atoms with van der Waals surface area (Å²) in [6.45, 7) is 4.32. The van der Waals surface area contributed by atoms with Gasteiger partial charge in [0.15, 0.2) is 0 Å². The van der Waals surface area contributed by atoms with Crippen LogP contribution in [0, 0.1) is 5.92 Å². The van der Waals surface area contributed by atoms with Gasteiger partial charge in [-0.25, -0.2) is 0 Å². The van der Waals surface area contributed by atoms with E-state index in [1.807, 2.05) is 19.3 Å². The van der Waals surface area contributed by atoms with Crippen LogP contribution in [0.1, 0.15) is 29.8 Å². The number of hydrogen-bond acceptors (Lipinski definition) is 3. The third-order valence-corrected chi connectivity index (χ3v) is 2.71. The van der Waals surface area contributed by atoms with Gasteiger partial charge in [-0.1, -0.05) is 13.8 Å². The summed E-state index contributed by atoms with van der Waals surface area (Å²) in [5.41, 5.74) is 0.752. The number of anilines is 1. The fourth-order valence-corrected chi connectivity index (χ4v) is 1.89. The largest absolute Gasteiger partial charge is 0.418 e. The standard InChI is InChI=1S/C13H18F3N3O/c1-8(2)7-19(3)12(20)9-4-5-11(18-17)10(6-9)13(14,15)16/h4-6,8,18H,7,17H2,1-3H3. The quantitative estimate of drug-likeness (QED) is 0.662. The fraction of sp³-hybridized carbons (Fsp3) is 0.462. The monoisotopic (exact) mass is 289 g/mol. The van der Waals surface area contributed by atoms with Crippen molar-refractivity contribution in [2.75, 3.05) is 19.0 Å². The summed E-state index contributed by atoms with van der Waals surface area (Å²) in [4.78, 5) is 13.5. The topological polar surface area (TPSA) is 58.4 Å². The maximum absolute atomic E-state index is 12.9. The molecule has 1 rings (SSSR count). The van der Waals surface area contributed by atoms with Crippen molar-refractivity contribution in [3.63, 3.8) is 0 Å². The van der Waals surface area contributed by atoms with Crippen LogP contribution in [0.15, 0.2) is 18.2 Å². The summed E-state index contributed by atoms with van der Waals surface area (Å²) in [6, 6.07) is 3.29. The van der Waals surface area contributed by atoms with Gasteiger partial charge >= 0.3 is 6.18 Å². The first kappa shape index (κ1) is 16.3. The average Bonchev–Trinajstić information content (AvgIpc) is 2.35. The Morgan fingerprint density at radius 2 is 2.00 bits per heavy atom. The third kappa shape index (κ3) is 3.86. The van der Waals surface area contributed by atoms with E-state index in [2.05, 4.69) is 0 Å². The van der Waals surface area contributed by atoms with E-state index in [1.165, 1.54) is 11.0 Å². The molecule has 7 heteroatoms. The summed E-state index contributed by atoms with van der Waals surface area (Å²) < 4.78 is 38.6. The molecule has 112 valence electrons. The molecule has 0 aliphatic carbocycles. The van der Waals surface area contributed by atoms with Gasteiger partial charge < -0.3 is 10.3 Å². The van der Waals surface area contributed by atoms with Crippen LogP contribution in [0.2, 0.25) is 0 Å². The maximum atomic E-state index is 12.9. The normalized spacial score (nSPS) is 11.6. The highest BCUT2D eigenvalue weighted by Gasteiger charge is 2.34. The van der Waals surface area contributed by atoms with Crippen molar-refractivity contribution in [1.82, 2.24) is 4.90 Å². The summed E-state index contributed by atoms with van der Waals surface area (Å²) in [6.07, 6.45) is -4.57. The first-order chi connectivity index (χ1) is 9.16. The average molecular weight is 289 g/mol. The molecule has 0 radical (unpaired) electrons. The Hall–Kier alpha value is -1.76. The Bertz CT molecular complexity index is 486. The Morgan fingerprint density at radius 1 is 1.40 bits per heavy atom. The summed E-state index contributed by atoms with van der Waals surface area (Å²) >= 11 is 0. The zero-order valence-corrected chi connectivity index (χ0v) is 11.6. The maximum Gasteiger partial charge on any atom is 0.418 e. The number of carbonyl (C=O) groups is 1. The molecule has 0 aromatic heterocycles. The predicted molar refractivity (Wildman–Crippen MR) is 71.1 cm³/mol. The number of nitrogens with two attached hydrogens (primary N) is 1. The fourth-order valence-electron chi connectivity index (χ4n) is 1.89. The molecule has 0 saturated carbocycles. The summed E-state index contributed by atoms with van der Waals surface area (Å²) in [5.74, 6) is 4.84. The number of alkyl halides is 3. The van der Waals surface area contributed by atoms with Crippen molar-refractivity contribution < 1.29 is 18.0 Å². The molecule has 0 heterocycles. The van der Waals surface area contributed by atoms with Crippen LogP contribution in [0.4, 0.5) is 18.9 Å². The van der Waals surface area contributed by atoms with Crippen LogP contribution in [-0.2, 0) is 6.18 Å². The van der Waals surface area contributed by atoms with Gasteiger partial charge in [-0.05, 0) is 24.1 Å². The van der Waals surface area contributed by atoms with Crippen LogP contribution in [0.25, 0.3) is 0 Å². The first-order valence-corrected chi connectivity index (χ1v) is 6.10. The van der Waals surface area contributed by atoms with Gasteiger partial charge in [0.25, 0.3) is 5.91 Å². The van der Waals surface area contributed by atoms with Gasteiger partial charge in [0, 0.05) is 19.2 Å². The van der Waals surface area contributed by atoms with E-state index in [-0.39, 0.29) is 17.2 Å².